The van der Waals surface area contributed by atoms with Crippen molar-refractivity contribution in [2.75, 3.05) is 20.3 Å². The van der Waals surface area contributed by atoms with E-state index in [9.17, 15) is 4.79 Å². The lowest BCUT2D eigenvalue weighted by molar-refractivity contribution is -0.142. The van der Waals surface area contributed by atoms with E-state index in [1.165, 1.54) is 0 Å². The fraction of sp³-hybridized carbons (Fsp3) is 0.500. The van der Waals surface area contributed by atoms with Gasteiger partial charge in [-0.05, 0) is 12.0 Å². The highest BCUT2D eigenvalue weighted by Gasteiger charge is 2.47. The van der Waals surface area contributed by atoms with Gasteiger partial charge in [-0.3, -0.25) is 4.79 Å². The average Bonchev–Trinajstić information content (AvgIpc) is 2.27. The van der Waals surface area contributed by atoms with Crippen molar-refractivity contribution in [2.45, 2.75) is 18.8 Å². The Balaban J connectivity index is 2.34. The van der Waals surface area contributed by atoms with Crippen LogP contribution < -0.4 is 4.74 Å². The van der Waals surface area contributed by atoms with Crippen molar-refractivity contribution >= 4 is 5.97 Å². The van der Waals surface area contributed by atoms with E-state index < -0.39 is 5.97 Å². The number of hydrogen-bond donors (Lipinski definition) is 1. The van der Waals surface area contributed by atoms with Gasteiger partial charge < -0.3 is 14.6 Å². The molecule has 1 N–H and O–H groups in total. The molecular weight excluding hydrogens is 232 g/mol. The predicted octanol–water partition coefficient (Wildman–Crippen LogP) is 2.07. The van der Waals surface area contributed by atoms with Crippen LogP contribution >= 0.6 is 0 Å². The van der Waals surface area contributed by atoms with E-state index in [-0.39, 0.29) is 17.8 Å². The van der Waals surface area contributed by atoms with Crippen LogP contribution in [0.3, 0.4) is 0 Å². The summed E-state index contributed by atoms with van der Waals surface area (Å²) in [6.07, 6.45) is 0.140. The Bertz CT molecular complexity index is 437. The summed E-state index contributed by atoms with van der Waals surface area (Å²) in [4.78, 5) is 10.9. The zero-order chi connectivity index (χ0) is 13.2. The van der Waals surface area contributed by atoms with Crippen molar-refractivity contribution in [3.63, 3.8) is 0 Å². The molecule has 1 fully saturated rings. The summed E-state index contributed by atoms with van der Waals surface area (Å²) in [5.74, 6) is 0.0433. The monoisotopic (exact) mass is 250 g/mol. The molecule has 0 aliphatic carbocycles. The average molecular weight is 250 g/mol. The maximum Gasteiger partial charge on any atom is 0.303 e. The number of ether oxygens (including phenoxy) is 2. The fourth-order valence-corrected chi connectivity index (χ4v) is 2.54. The summed E-state index contributed by atoms with van der Waals surface area (Å²) in [6, 6.07) is 7.77. The van der Waals surface area contributed by atoms with Gasteiger partial charge in [0.2, 0.25) is 0 Å². The van der Waals surface area contributed by atoms with Gasteiger partial charge >= 0.3 is 5.97 Å². The SMILES string of the molecule is COc1ccccc1C1(C(C)CC(=O)O)COC1. The van der Waals surface area contributed by atoms with E-state index in [1.54, 1.807) is 7.11 Å². The van der Waals surface area contributed by atoms with Crippen LogP contribution in [0.2, 0.25) is 0 Å². The molecule has 0 saturated carbocycles. The van der Waals surface area contributed by atoms with Crippen LogP contribution in [0.15, 0.2) is 24.3 Å². The molecule has 1 unspecified atom stereocenters. The number of methoxy groups -OCH3 is 1. The quantitative estimate of drug-likeness (QED) is 0.869. The van der Waals surface area contributed by atoms with Gasteiger partial charge in [0, 0.05) is 17.4 Å². The molecule has 1 heterocycles. The molecule has 98 valence electrons. The molecule has 18 heavy (non-hydrogen) atoms. The molecule has 1 aliphatic rings. The number of carboxylic acids is 1. The minimum atomic E-state index is -0.774. The molecule has 4 nitrogen and oxygen atoms in total. The minimum absolute atomic E-state index is 0.0139. The summed E-state index contributed by atoms with van der Waals surface area (Å²) < 4.78 is 10.7. The molecule has 0 bridgehead atoms. The van der Waals surface area contributed by atoms with Gasteiger partial charge in [0.1, 0.15) is 5.75 Å². The number of aliphatic carboxylic acids is 1. The standard InChI is InChI=1S/C14H18O4/c1-10(7-13(15)16)14(8-18-9-14)11-5-3-4-6-12(11)17-2/h3-6,10H,7-9H2,1-2H3,(H,15,16). The summed E-state index contributed by atoms with van der Waals surface area (Å²) in [5, 5.41) is 8.97. The van der Waals surface area contributed by atoms with E-state index in [0.29, 0.717) is 13.2 Å². The highest BCUT2D eigenvalue weighted by atomic mass is 16.5. The van der Waals surface area contributed by atoms with E-state index in [0.717, 1.165) is 11.3 Å². The maximum absolute atomic E-state index is 10.9. The normalized spacial score (nSPS) is 18.8. The number of para-hydroxylation sites is 1. The molecule has 1 saturated heterocycles. The highest BCUT2D eigenvalue weighted by Crippen LogP contribution is 2.44. The van der Waals surface area contributed by atoms with Gasteiger partial charge in [-0.1, -0.05) is 25.1 Å². The van der Waals surface area contributed by atoms with Gasteiger partial charge in [-0.15, -0.1) is 0 Å². The van der Waals surface area contributed by atoms with Gasteiger partial charge in [0.05, 0.1) is 20.3 Å². The van der Waals surface area contributed by atoms with E-state index in [2.05, 4.69) is 0 Å². The van der Waals surface area contributed by atoms with Crippen LogP contribution in [0.1, 0.15) is 18.9 Å². The lowest BCUT2D eigenvalue weighted by Gasteiger charge is -2.46. The van der Waals surface area contributed by atoms with E-state index in [4.69, 9.17) is 14.6 Å². The molecule has 0 radical (unpaired) electrons. The predicted molar refractivity (Wildman–Crippen MR) is 66.9 cm³/mol. The molecule has 0 amide bonds. The largest absolute Gasteiger partial charge is 0.496 e. The molecular formula is C14H18O4. The minimum Gasteiger partial charge on any atom is -0.496 e. The third-order valence-corrected chi connectivity index (χ3v) is 3.79. The first-order valence-corrected chi connectivity index (χ1v) is 6.03. The number of carboxylic acid groups (broad SMARTS) is 1. The van der Waals surface area contributed by atoms with Gasteiger partial charge in [-0.2, -0.15) is 0 Å². The smallest absolute Gasteiger partial charge is 0.303 e. The molecule has 1 aliphatic heterocycles. The molecule has 1 aromatic carbocycles. The maximum atomic E-state index is 10.9. The lowest BCUT2D eigenvalue weighted by Crippen LogP contribution is -2.52. The van der Waals surface area contributed by atoms with Crippen LogP contribution in [0.25, 0.3) is 0 Å². The topological polar surface area (TPSA) is 55.8 Å². The molecule has 0 spiro atoms. The van der Waals surface area contributed by atoms with Crippen LogP contribution in [-0.2, 0) is 14.9 Å². The Hall–Kier alpha value is -1.55. The molecule has 2 rings (SSSR count). The summed E-state index contributed by atoms with van der Waals surface area (Å²) in [6.45, 7) is 3.08. The molecule has 1 aromatic rings. The van der Waals surface area contributed by atoms with Gasteiger partial charge in [-0.25, -0.2) is 0 Å². The van der Waals surface area contributed by atoms with Crippen molar-refractivity contribution in [2.24, 2.45) is 5.92 Å². The second-order valence-electron chi connectivity index (χ2n) is 4.85. The van der Waals surface area contributed by atoms with E-state index in [1.807, 2.05) is 31.2 Å². The first-order chi connectivity index (χ1) is 8.60. The van der Waals surface area contributed by atoms with Crippen molar-refractivity contribution < 1.29 is 19.4 Å². The molecule has 4 heteroatoms. The lowest BCUT2D eigenvalue weighted by atomic mass is 9.68. The molecule has 0 aromatic heterocycles. The first-order valence-electron chi connectivity index (χ1n) is 6.03. The van der Waals surface area contributed by atoms with Crippen LogP contribution in [0, 0.1) is 5.92 Å². The Morgan fingerprint density at radius 1 is 1.50 bits per heavy atom. The third-order valence-electron chi connectivity index (χ3n) is 3.79. The highest BCUT2D eigenvalue weighted by molar-refractivity contribution is 5.67. The molecule has 1 atom stereocenters. The van der Waals surface area contributed by atoms with Crippen molar-refractivity contribution in [3.05, 3.63) is 29.8 Å². The Kier molecular flexibility index (Phi) is 3.57. The summed E-state index contributed by atoms with van der Waals surface area (Å²) >= 11 is 0. The van der Waals surface area contributed by atoms with E-state index >= 15 is 0 Å². The van der Waals surface area contributed by atoms with Crippen molar-refractivity contribution in [3.8, 4) is 5.75 Å². The number of hydrogen-bond acceptors (Lipinski definition) is 3. The number of rotatable bonds is 5. The number of benzene rings is 1. The van der Waals surface area contributed by atoms with Gasteiger partial charge in [0.25, 0.3) is 0 Å². The van der Waals surface area contributed by atoms with Crippen LogP contribution in [0.4, 0.5) is 0 Å². The summed E-state index contributed by atoms with van der Waals surface area (Å²) in [5.41, 5.74) is 0.817. The van der Waals surface area contributed by atoms with Crippen molar-refractivity contribution in [1.82, 2.24) is 0 Å². The fourth-order valence-electron chi connectivity index (χ4n) is 2.54. The second-order valence-corrected chi connectivity index (χ2v) is 4.85. The van der Waals surface area contributed by atoms with Crippen molar-refractivity contribution in [1.29, 1.82) is 0 Å². The van der Waals surface area contributed by atoms with Crippen LogP contribution in [0.5, 0.6) is 5.75 Å². The Morgan fingerprint density at radius 3 is 2.67 bits per heavy atom. The summed E-state index contributed by atoms with van der Waals surface area (Å²) in [7, 11) is 1.63. The second kappa shape index (κ2) is 4.98. The van der Waals surface area contributed by atoms with Gasteiger partial charge in [0.15, 0.2) is 0 Å². The first kappa shape index (κ1) is 12.9. The zero-order valence-electron chi connectivity index (χ0n) is 10.7. The number of carbonyl (C=O) groups is 1. The zero-order valence-corrected chi connectivity index (χ0v) is 10.7. The Labute approximate surface area is 107 Å². The third kappa shape index (κ3) is 2.08. The van der Waals surface area contributed by atoms with Crippen LogP contribution in [-0.4, -0.2) is 31.4 Å². The Morgan fingerprint density at radius 2 is 2.17 bits per heavy atom.